The van der Waals surface area contributed by atoms with Crippen molar-refractivity contribution in [3.05, 3.63) is 0 Å². The highest BCUT2D eigenvalue weighted by molar-refractivity contribution is 4.95. The normalized spacial score (nSPS) is 52.5. The number of hydrogen-bond donors (Lipinski definition) is 11. The Kier molecular flexibility index (Phi) is 9.54. The predicted molar refractivity (Wildman–Crippen MR) is 101 cm³/mol. The summed E-state index contributed by atoms with van der Waals surface area (Å²) >= 11 is 0. The van der Waals surface area contributed by atoms with Gasteiger partial charge in [0.1, 0.15) is 73.2 Å². The third-order valence-electron chi connectivity index (χ3n) is 6.09. The van der Waals surface area contributed by atoms with Gasteiger partial charge >= 0.3 is 0 Å². The molecule has 0 bridgehead atoms. The van der Waals surface area contributed by atoms with Crippen LogP contribution in [0.2, 0.25) is 0 Å². The minimum atomic E-state index is -1.93. The second-order valence-corrected chi connectivity index (χ2v) is 8.33. The van der Waals surface area contributed by atoms with Gasteiger partial charge in [-0.25, -0.2) is 0 Å². The summed E-state index contributed by atoms with van der Waals surface area (Å²) < 4.78 is 26.2. The molecule has 0 saturated carbocycles. The Morgan fingerprint density at radius 2 is 0.853 bits per heavy atom. The van der Waals surface area contributed by atoms with Gasteiger partial charge in [0.05, 0.1) is 19.8 Å². The van der Waals surface area contributed by atoms with Gasteiger partial charge in [0.25, 0.3) is 0 Å². The van der Waals surface area contributed by atoms with E-state index in [0.29, 0.717) is 0 Å². The summed E-state index contributed by atoms with van der Waals surface area (Å²) in [5.41, 5.74) is 0. The van der Waals surface area contributed by atoms with Gasteiger partial charge in [-0.3, -0.25) is 0 Å². The molecule has 3 aliphatic rings. The van der Waals surface area contributed by atoms with E-state index in [1.54, 1.807) is 0 Å². The van der Waals surface area contributed by atoms with E-state index in [1.165, 1.54) is 0 Å². The topological polar surface area (TPSA) is 269 Å². The Morgan fingerprint density at radius 1 is 0.441 bits per heavy atom. The van der Waals surface area contributed by atoms with Gasteiger partial charge in [0.2, 0.25) is 0 Å². The van der Waals surface area contributed by atoms with Crippen LogP contribution in [-0.4, -0.2) is 168 Å². The van der Waals surface area contributed by atoms with E-state index < -0.39 is 112 Å². The molecular formula is C18H32O16. The highest BCUT2D eigenvalue weighted by atomic mass is 16.8. The lowest BCUT2D eigenvalue weighted by molar-refractivity contribution is -0.381. The quantitative estimate of drug-likeness (QED) is 0.154. The molecule has 0 aliphatic carbocycles. The monoisotopic (exact) mass is 504 g/mol. The second kappa shape index (κ2) is 11.6. The highest BCUT2D eigenvalue weighted by Gasteiger charge is 2.53. The van der Waals surface area contributed by atoms with Crippen molar-refractivity contribution in [2.75, 3.05) is 19.8 Å². The van der Waals surface area contributed by atoms with Gasteiger partial charge < -0.3 is 79.9 Å². The number of rotatable bonds is 7. The first-order chi connectivity index (χ1) is 16.0. The predicted octanol–water partition coefficient (Wildman–Crippen LogP) is -7.57. The Labute approximate surface area is 192 Å². The van der Waals surface area contributed by atoms with E-state index in [4.69, 9.17) is 28.8 Å². The van der Waals surface area contributed by atoms with Crippen molar-refractivity contribution in [1.29, 1.82) is 0 Å². The van der Waals surface area contributed by atoms with Crippen molar-refractivity contribution in [1.82, 2.24) is 0 Å². The van der Waals surface area contributed by atoms with E-state index >= 15 is 0 Å². The fourth-order valence-electron chi connectivity index (χ4n) is 4.04. The third-order valence-corrected chi connectivity index (χ3v) is 6.09. The summed E-state index contributed by atoms with van der Waals surface area (Å²) in [7, 11) is 0. The Morgan fingerprint density at radius 3 is 1.41 bits per heavy atom. The molecule has 3 rings (SSSR count). The van der Waals surface area contributed by atoms with Crippen LogP contribution in [0.1, 0.15) is 0 Å². The molecule has 16 nitrogen and oxygen atoms in total. The van der Waals surface area contributed by atoms with Crippen LogP contribution in [0.5, 0.6) is 0 Å². The number of aliphatic hydroxyl groups excluding tert-OH is 11. The van der Waals surface area contributed by atoms with Gasteiger partial charge in [-0.2, -0.15) is 0 Å². The lowest BCUT2D eigenvalue weighted by Crippen LogP contribution is -2.66. The van der Waals surface area contributed by atoms with Gasteiger partial charge in [-0.1, -0.05) is 0 Å². The molecule has 34 heavy (non-hydrogen) atoms. The maximum Gasteiger partial charge on any atom is 0.187 e. The minimum absolute atomic E-state index is 0.715. The Balaban J connectivity index is 1.70. The van der Waals surface area contributed by atoms with E-state index in [-0.39, 0.29) is 0 Å². The van der Waals surface area contributed by atoms with Crippen molar-refractivity contribution < 1.29 is 79.9 Å². The number of aliphatic hydroxyl groups is 11. The third kappa shape index (κ3) is 5.37. The van der Waals surface area contributed by atoms with Crippen LogP contribution in [0.15, 0.2) is 0 Å². The highest BCUT2D eigenvalue weighted by Crippen LogP contribution is 2.31. The minimum Gasteiger partial charge on any atom is -0.394 e. The first kappa shape index (κ1) is 27.9. The van der Waals surface area contributed by atoms with Crippen LogP contribution in [0.25, 0.3) is 0 Å². The molecule has 16 heteroatoms. The van der Waals surface area contributed by atoms with Crippen LogP contribution in [0.4, 0.5) is 0 Å². The molecule has 200 valence electrons. The maximum absolute atomic E-state index is 10.6. The number of hydrogen-bond acceptors (Lipinski definition) is 16. The zero-order valence-electron chi connectivity index (χ0n) is 17.7. The van der Waals surface area contributed by atoms with Crippen LogP contribution < -0.4 is 0 Å². The molecule has 0 radical (unpaired) electrons. The van der Waals surface area contributed by atoms with Crippen molar-refractivity contribution in [2.24, 2.45) is 0 Å². The first-order valence-electron chi connectivity index (χ1n) is 10.6. The van der Waals surface area contributed by atoms with Gasteiger partial charge in [0, 0.05) is 0 Å². The van der Waals surface area contributed by atoms with E-state index in [0.717, 1.165) is 0 Å². The van der Waals surface area contributed by atoms with E-state index in [1.807, 2.05) is 0 Å². The molecule has 0 aromatic rings. The fourth-order valence-corrected chi connectivity index (χ4v) is 4.04. The van der Waals surface area contributed by atoms with Gasteiger partial charge in [0.15, 0.2) is 18.9 Å². The summed E-state index contributed by atoms with van der Waals surface area (Å²) in [5, 5.41) is 109. The summed E-state index contributed by atoms with van der Waals surface area (Å²) in [4.78, 5) is 0. The first-order valence-corrected chi connectivity index (χ1v) is 10.6. The van der Waals surface area contributed by atoms with Crippen molar-refractivity contribution >= 4 is 0 Å². The molecule has 0 aromatic carbocycles. The van der Waals surface area contributed by atoms with Gasteiger partial charge in [-0.05, 0) is 0 Å². The largest absolute Gasteiger partial charge is 0.394 e. The standard InChI is InChI=1S/C18H32O16/c19-1-4-8(23)10(25)15(16(29)30-4)34-18-13(28)11(26)14(6(3-21)32-18)33-17-12(27)9(24)7(22)5(2-20)31-17/h4-29H,1-3H2/t4-,5-,6-,7-,8-,9+,10+,11-,12-,13-,14-,15-,16-,17+,18+/m0/s1. The summed E-state index contributed by atoms with van der Waals surface area (Å²) in [5.74, 6) is 0. The average molecular weight is 504 g/mol. The average Bonchev–Trinajstić information content (AvgIpc) is 2.83. The molecule has 0 amide bonds. The molecule has 11 N–H and O–H groups in total. The molecule has 3 aliphatic heterocycles. The smallest absolute Gasteiger partial charge is 0.187 e. The SMILES string of the molecule is OC[C@@H]1O[C@H](O[C@@H]2[C@@H](O)[C@H](O)[C@@H](O[C@H]3[C@H](O)[C@@H](O)[C@H](CO)O[C@@H]3O)O[C@H]2CO)[C@@H](O)[C@H](O)[C@H]1O. The molecule has 3 fully saturated rings. The van der Waals surface area contributed by atoms with E-state index in [2.05, 4.69) is 0 Å². The maximum atomic E-state index is 10.6. The van der Waals surface area contributed by atoms with Crippen molar-refractivity contribution in [3.63, 3.8) is 0 Å². The molecule has 0 aromatic heterocycles. The zero-order valence-corrected chi connectivity index (χ0v) is 17.7. The van der Waals surface area contributed by atoms with E-state index in [9.17, 15) is 51.1 Å². The summed E-state index contributed by atoms with van der Waals surface area (Å²) in [6.45, 7) is -2.28. The van der Waals surface area contributed by atoms with Crippen molar-refractivity contribution in [2.45, 2.75) is 92.1 Å². The van der Waals surface area contributed by atoms with Crippen LogP contribution in [-0.2, 0) is 23.7 Å². The second-order valence-electron chi connectivity index (χ2n) is 8.33. The zero-order chi connectivity index (χ0) is 25.3. The fraction of sp³-hybridized carbons (Fsp3) is 1.00. The molecular weight excluding hydrogens is 472 g/mol. The van der Waals surface area contributed by atoms with Crippen LogP contribution >= 0.6 is 0 Å². The van der Waals surface area contributed by atoms with Crippen LogP contribution in [0.3, 0.4) is 0 Å². The van der Waals surface area contributed by atoms with Crippen LogP contribution in [0, 0.1) is 0 Å². The number of ether oxygens (including phenoxy) is 5. The molecule has 0 unspecified atom stereocenters. The molecule has 15 atom stereocenters. The lowest BCUT2D eigenvalue weighted by atomic mass is 9.96. The van der Waals surface area contributed by atoms with Gasteiger partial charge in [-0.15, -0.1) is 0 Å². The molecule has 3 heterocycles. The Hall–Kier alpha value is -0.640. The lowest BCUT2D eigenvalue weighted by Gasteiger charge is -2.47. The van der Waals surface area contributed by atoms with Crippen molar-refractivity contribution in [3.8, 4) is 0 Å². The summed E-state index contributed by atoms with van der Waals surface area (Å²) in [6, 6.07) is 0. The Bertz CT molecular complexity index is 637. The summed E-state index contributed by atoms with van der Waals surface area (Å²) in [6.07, 6.45) is -25.2. The molecule has 3 saturated heterocycles. The molecule has 0 spiro atoms.